The Labute approximate surface area is 114 Å². The third kappa shape index (κ3) is 8.58. The standard InChI is InChI=1S/C6H8N2.C2BF2O4.Li/c7-5-3-1-2-4-6-8;4-3(5)8-1(6)2(7)9-3;/h1-4H2;;/q;-1;+1. The summed E-state index contributed by atoms with van der Waals surface area (Å²) >= 11 is 0. The van der Waals surface area contributed by atoms with Crippen LogP contribution in [0.1, 0.15) is 25.7 Å². The van der Waals surface area contributed by atoms with Gasteiger partial charge in [-0.2, -0.15) is 10.5 Å². The molecular weight excluding hydrogens is 244 g/mol. The maximum absolute atomic E-state index is 11.6. The number of hydrogen-bond donors (Lipinski definition) is 0. The number of carbonyl (C=O) groups excluding carboxylic acids is 2. The van der Waals surface area contributed by atoms with Crippen molar-refractivity contribution in [2.45, 2.75) is 25.7 Å². The third-order valence-corrected chi connectivity index (χ3v) is 1.48. The van der Waals surface area contributed by atoms with Crippen LogP contribution in [-0.2, 0) is 18.9 Å². The molecule has 0 aromatic heterocycles. The molecule has 0 aromatic rings. The summed E-state index contributed by atoms with van der Waals surface area (Å²) in [5, 5.41) is 16.1. The van der Waals surface area contributed by atoms with Crippen LogP contribution in [0.5, 0.6) is 0 Å². The van der Waals surface area contributed by atoms with Crippen molar-refractivity contribution in [2.24, 2.45) is 0 Å². The molecule has 1 fully saturated rings. The number of nitrogens with zero attached hydrogens (tertiary/aromatic N) is 2. The minimum Gasteiger partial charge on any atom is -0.593 e. The molecule has 10 heteroatoms. The van der Waals surface area contributed by atoms with E-state index in [0.29, 0.717) is 12.8 Å². The van der Waals surface area contributed by atoms with Crippen LogP contribution in [0, 0.1) is 22.7 Å². The number of carbonyl (C=O) groups is 2. The molecule has 1 saturated heterocycles. The van der Waals surface area contributed by atoms with E-state index in [-0.39, 0.29) is 18.9 Å². The number of nitriles is 2. The zero-order valence-electron chi connectivity index (χ0n) is 9.69. The van der Waals surface area contributed by atoms with E-state index >= 15 is 0 Å². The summed E-state index contributed by atoms with van der Waals surface area (Å²) in [4.78, 5) is 19.7. The van der Waals surface area contributed by atoms with Crippen LogP contribution in [0.15, 0.2) is 0 Å². The molecule has 1 heterocycles. The Morgan fingerprint density at radius 2 is 1.33 bits per heavy atom. The van der Waals surface area contributed by atoms with Crippen LogP contribution in [-0.4, -0.2) is 19.0 Å². The SMILES string of the molecule is N#CCCCCC#N.O=C1O[B-](F)(F)OC1=O.[Li+]. The molecule has 18 heavy (non-hydrogen) atoms. The fourth-order valence-corrected chi connectivity index (χ4v) is 0.778. The van der Waals surface area contributed by atoms with E-state index in [1.54, 1.807) is 0 Å². The van der Waals surface area contributed by atoms with Crippen molar-refractivity contribution in [3.05, 3.63) is 0 Å². The first-order valence-corrected chi connectivity index (χ1v) is 4.63. The molecule has 0 aliphatic carbocycles. The molecule has 0 spiro atoms. The second-order valence-corrected chi connectivity index (χ2v) is 2.87. The largest absolute Gasteiger partial charge is 1.00 e. The molecular formula is C8H8BF2LiN2O4. The zero-order valence-corrected chi connectivity index (χ0v) is 9.69. The molecule has 0 amide bonds. The minimum absolute atomic E-state index is 0. The number of halogens is 2. The van der Waals surface area contributed by atoms with Gasteiger partial charge in [-0.25, -0.2) is 9.59 Å². The van der Waals surface area contributed by atoms with Gasteiger partial charge in [-0.1, -0.05) is 0 Å². The van der Waals surface area contributed by atoms with E-state index in [0.717, 1.165) is 12.8 Å². The average Bonchev–Trinajstić information content (AvgIpc) is 2.47. The molecule has 92 valence electrons. The Bertz CT molecular complexity index is 346. The minimum atomic E-state index is -4.65. The quantitative estimate of drug-likeness (QED) is 0.329. The zero-order chi connectivity index (χ0) is 13.3. The maximum Gasteiger partial charge on any atom is 1.00 e. The Hall–Kier alpha value is -1.56. The predicted octanol–water partition coefficient (Wildman–Crippen LogP) is -1.94. The van der Waals surface area contributed by atoms with E-state index in [1.165, 1.54) is 0 Å². The Balaban J connectivity index is 0. The summed E-state index contributed by atoms with van der Waals surface area (Å²) in [6, 6.07) is 4.03. The van der Waals surface area contributed by atoms with E-state index in [4.69, 9.17) is 10.5 Å². The van der Waals surface area contributed by atoms with Crippen molar-refractivity contribution in [1.29, 1.82) is 10.5 Å². The van der Waals surface area contributed by atoms with Crippen LogP contribution in [0.25, 0.3) is 0 Å². The third-order valence-electron chi connectivity index (χ3n) is 1.48. The first kappa shape index (κ1) is 18.8. The summed E-state index contributed by atoms with van der Waals surface area (Å²) in [5.74, 6) is -3.28. The van der Waals surface area contributed by atoms with Gasteiger partial charge in [-0.15, -0.1) is 0 Å². The maximum atomic E-state index is 11.6. The smallest absolute Gasteiger partial charge is 0.593 e. The topological polar surface area (TPSA) is 100 Å². The Kier molecular flexibility index (Phi) is 9.89. The van der Waals surface area contributed by atoms with Crippen molar-refractivity contribution < 1.29 is 46.4 Å². The van der Waals surface area contributed by atoms with Gasteiger partial charge in [0.25, 0.3) is 0 Å². The van der Waals surface area contributed by atoms with Crippen molar-refractivity contribution >= 4 is 19.0 Å². The molecule has 0 radical (unpaired) electrons. The Morgan fingerprint density at radius 1 is 1.00 bits per heavy atom. The summed E-state index contributed by atoms with van der Waals surface area (Å²) in [7, 11) is -4.65. The molecule has 0 saturated carbocycles. The van der Waals surface area contributed by atoms with Gasteiger partial charge < -0.3 is 17.9 Å². The van der Waals surface area contributed by atoms with Crippen LogP contribution >= 0.6 is 0 Å². The summed E-state index contributed by atoms with van der Waals surface area (Å²) in [6.45, 7) is 0. The molecule has 1 rings (SSSR count). The first-order chi connectivity index (χ1) is 7.93. The summed E-state index contributed by atoms with van der Waals surface area (Å²) < 4.78 is 29.6. The monoisotopic (exact) mass is 252 g/mol. The summed E-state index contributed by atoms with van der Waals surface area (Å²) in [5.41, 5.74) is 0. The van der Waals surface area contributed by atoms with Crippen molar-refractivity contribution in [3.8, 4) is 12.1 Å². The molecule has 6 nitrogen and oxygen atoms in total. The van der Waals surface area contributed by atoms with Gasteiger partial charge in [-0.05, 0) is 12.8 Å². The normalized spacial score (nSPS) is 14.9. The van der Waals surface area contributed by atoms with E-state index in [2.05, 4.69) is 9.31 Å². The summed E-state index contributed by atoms with van der Waals surface area (Å²) in [6.07, 6.45) is 2.90. The number of hydrogen-bond acceptors (Lipinski definition) is 6. The van der Waals surface area contributed by atoms with Gasteiger partial charge in [0.1, 0.15) is 0 Å². The van der Waals surface area contributed by atoms with Crippen LogP contribution in [0.3, 0.4) is 0 Å². The second-order valence-electron chi connectivity index (χ2n) is 2.87. The molecule has 0 unspecified atom stereocenters. The Morgan fingerprint density at radius 3 is 1.50 bits per heavy atom. The van der Waals surface area contributed by atoms with Crippen molar-refractivity contribution in [2.75, 3.05) is 0 Å². The molecule has 0 N–H and O–H groups in total. The van der Waals surface area contributed by atoms with E-state index < -0.39 is 19.0 Å². The average molecular weight is 252 g/mol. The predicted molar refractivity (Wildman–Crippen MR) is 49.8 cm³/mol. The van der Waals surface area contributed by atoms with E-state index in [1.807, 2.05) is 12.1 Å². The van der Waals surface area contributed by atoms with Crippen LogP contribution in [0.2, 0.25) is 0 Å². The molecule has 0 atom stereocenters. The van der Waals surface area contributed by atoms with Gasteiger partial charge in [0.15, 0.2) is 0 Å². The van der Waals surface area contributed by atoms with Crippen LogP contribution < -0.4 is 18.9 Å². The number of unbranched alkanes of at least 4 members (excludes halogenated alkanes) is 3. The van der Waals surface area contributed by atoms with Gasteiger partial charge in [0.05, 0.1) is 12.1 Å². The van der Waals surface area contributed by atoms with Gasteiger partial charge >= 0.3 is 37.9 Å². The molecule has 0 bridgehead atoms. The van der Waals surface area contributed by atoms with Gasteiger partial charge in [0, 0.05) is 12.8 Å². The number of rotatable bonds is 3. The van der Waals surface area contributed by atoms with E-state index in [9.17, 15) is 18.2 Å². The van der Waals surface area contributed by atoms with Crippen LogP contribution in [0.4, 0.5) is 8.63 Å². The van der Waals surface area contributed by atoms with Crippen molar-refractivity contribution in [3.63, 3.8) is 0 Å². The first-order valence-electron chi connectivity index (χ1n) is 4.63. The van der Waals surface area contributed by atoms with Gasteiger partial charge in [0.2, 0.25) is 0 Å². The fraction of sp³-hybridized carbons (Fsp3) is 0.500. The van der Waals surface area contributed by atoms with Crippen molar-refractivity contribution in [1.82, 2.24) is 0 Å². The second kappa shape index (κ2) is 9.47. The molecule has 1 aliphatic heterocycles. The molecule has 0 aromatic carbocycles. The fourth-order valence-electron chi connectivity index (χ4n) is 0.778. The molecule has 1 aliphatic rings. The van der Waals surface area contributed by atoms with Gasteiger partial charge in [-0.3, -0.25) is 0 Å².